The molecule has 0 aromatic heterocycles. The molecule has 0 aromatic rings. The number of aliphatic hydroxyl groups excluding tert-OH is 1. The van der Waals surface area contributed by atoms with Gasteiger partial charge >= 0.3 is 0 Å². The van der Waals surface area contributed by atoms with Crippen LogP contribution in [0.1, 0.15) is 12.8 Å². The molecule has 14 heavy (non-hydrogen) atoms. The van der Waals surface area contributed by atoms with Gasteiger partial charge in [0.05, 0.1) is 6.10 Å². The molecule has 0 aliphatic heterocycles. The predicted molar refractivity (Wildman–Crippen MR) is 55.0 cm³/mol. The number of aliphatic hydroxyl groups is 2. The first-order valence-electron chi connectivity index (χ1n) is 4.39. The summed E-state index contributed by atoms with van der Waals surface area (Å²) in [7, 11) is 2.85. The highest BCUT2D eigenvalue weighted by Crippen LogP contribution is 2.37. The standard InChI is InChI=1S/C9H15BrO4/c1-13-8(14-2)9(12)6(10)4-3-5-7(9)11/h4,7-8,11-12H,3,5H2,1-2H3/t7-,9-/m0/s1. The highest BCUT2D eigenvalue weighted by molar-refractivity contribution is 9.11. The zero-order valence-corrected chi connectivity index (χ0v) is 9.82. The lowest BCUT2D eigenvalue weighted by Crippen LogP contribution is -2.55. The second-order valence-electron chi connectivity index (χ2n) is 3.27. The van der Waals surface area contributed by atoms with Gasteiger partial charge in [-0.3, -0.25) is 0 Å². The van der Waals surface area contributed by atoms with Crippen LogP contribution in [-0.4, -0.2) is 42.4 Å². The van der Waals surface area contributed by atoms with Crippen LogP contribution in [0.15, 0.2) is 10.6 Å². The van der Waals surface area contributed by atoms with Crippen LogP contribution >= 0.6 is 15.9 Å². The quantitative estimate of drug-likeness (QED) is 0.741. The van der Waals surface area contributed by atoms with E-state index < -0.39 is 18.0 Å². The third kappa shape index (κ3) is 1.87. The van der Waals surface area contributed by atoms with E-state index in [1.807, 2.05) is 6.08 Å². The van der Waals surface area contributed by atoms with Crippen LogP contribution in [0.2, 0.25) is 0 Å². The molecule has 1 rings (SSSR count). The van der Waals surface area contributed by atoms with Crippen LogP contribution in [0.5, 0.6) is 0 Å². The third-order valence-electron chi connectivity index (χ3n) is 2.44. The maximum Gasteiger partial charge on any atom is 0.193 e. The SMILES string of the molecule is COC(OC)[C@]1(O)C(Br)=CCC[C@@H]1O. The van der Waals surface area contributed by atoms with Crippen LogP contribution < -0.4 is 0 Å². The molecule has 1 aliphatic carbocycles. The van der Waals surface area contributed by atoms with Crippen molar-refractivity contribution in [3.63, 3.8) is 0 Å². The second-order valence-corrected chi connectivity index (χ2v) is 4.13. The van der Waals surface area contributed by atoms with Crippen molar-refractivity contribution >= 4 is 15.9 Å². The maximum atomic E-state index is 10.3. The minimum Gasteiger partial charge on any atom is -0.390 e. The normalized spacial score (nSPS) is 33.3. The molecule has 0 spiro atoms. The van der Waals surface area contributed by atoms with Gasteiger partial charge in [0.25, 0.3) is 0 Å². The Bertz CT molecular complexity index is 227. The summed E-state index contributed by atoms with van der Waals surface area (Å²) in [6, 6.07) is 0. The molecule has 5 heteroatoms. The summed E-state index contributed by atoms with van der Waals surface area (Å²) in [5, 5.41) is 20.0. The first-order valence-corrected chi connectivity index (χ1v) is 5.18. The van der Waals surface area contributed by atoms with Gasteiger partial charge in [0, 0.05) is 18.7 Å². The molecule has 2 N–H and O–H groups in total. The summed E-state index contributed by atoms with van der Waals surface area (Å²) in [5.41, 5.74) is -1.50. The Kier molecular flexibility index (Phi) is 4.09. The van der Waals surface area contributed by atoms with Crippen LogP contribution in [0.3, 0.4) is 0 Å². The fraction of sp³-hybridized carbons (Fsp3) is 0.778. The fourth-order valence-electron chi connectivity index (χ4n) is 1.64. The Morgan fingerprint density at radius 3 is 2.57 bits per heavy atom. The number of rotatable bonds is 3. The van der Waals surface area contributed by atoms with Gasteiger partial charge in [0.1, 0.15) is 0 Å². The molecular weight excluding hydrogens is 252 g/mol. The van der Waals surface area contributed by atoms with E-state index in [1.165, 1.54) is 14.2 Å². The zero-order valence-electron chi connectivity index (χ0n) is 8.24. The van der Waals surface area contributed by atoms with E-state index in [0.717, 1.165) is 6.42 Å². The molecule has 0 amide bonds. The summed E-state index contributed by atoms with van der Waals surface area (Å²) in [6.07, 6.45) is 1.28. The van der Waals surface area contributed by atoms with E-state index >= 15 is 0 Å². The molecule has 0 unspecified atom stereocenters. The molecule has 1 aliphatic rings. The Labute approximate surface area is 91.6 Å². The molecular formula is C9H15BrO4. The minimum atomic E-state index is -1.50. The van der Waals surface area contributed by atoms with E-state index in [1.54, 1.807) is 0 Å². The summed E-state index contributed by atoms with van der Waals surface area (Å²) < 4.78 is 10.5. The molecule has 0 bridgehead atoms. The molecule has 0 aromatic carbocycles. The number of halogens is 1. The van der Waals surface area contributed by atoms with Crippen molar-refractivity contribution in [3.05, 3.63) is 10.6 Å². The van der Waals surface area contributed by atoms with Crippen molar-refractivity contribution in [2.75, 3.05) is 14.2 Å². The first-order chi connectivity index (χ1) is 6.57. The van der Waals surface area contributed by atoms with Gasteiger partial charge in [-0.15, -0.1) is 0 Å². The lowest BCUT2D eigenvalue weighted by Gasteiger charge is -2.39. The Balaban J connectivity index is 2.97. The summed E-state index contributed by atoms with van der Waals surface area (Å²) in [5.74, 6) is 0. The van der Waals surface area contributed by atoms with Crippen molar-refractivity contribution < 1.29 is 19.7 Å². The van der Waals surface area contributed by atoms with Crippen LogP contribution in [0.25, 0.3) is 0 Å². The maximum absolute atomic E-state index is 10.3. The van der Waals surface area contributed by atoms with E-state index in [9.17, 15) is 10.2 Å². The van der Waals surface area contributed by atoms with Crippen molar-refractivity contribution in [1.82, 2.24) is 0 Å². The van der Waals surface area contributed by atoms with Crippen LogP contribution in [-0.2, 0) is 9.47 Å². The average Bonchev–Trinajstić information content (AvgIpc) is 2.16. The number of ether oxygens (including phenoxy) is 2. The zero-order chi connectivity index (χ0) is 10.8. The van der Waals surface area contributed by atoms with Gasteiger partial charge in [-0.05, 0) is 12.8 Å². The van der Waals surface area contributed by atoms with Crippen molar-refractivity contribution in [2.24, 2.45) is 0 Å². The van der Waals surface area contributed by atoms with Gasteiger partial charge in [-0.1, -0.05) is 22.0 Å². The Morgan fingerprint density at radius 2 is 2.14 bits per heavy atom. The van der Waals surface area contributed by atoms with Crippen molar-refractivity contribution in [1.29, 1.82) is 0 Å². The molecule has 2 atom stereocenters. The minimum absolute atomic E-state index is 0.495. The lowest BCUT2D eigenvalue weighted by molar-refractivity contribution is -0.230. The van der Waals surface area contributed by atoms with Gasteiger partial charge < -0.3 is 19.7 Å². The molecule has 0 heterocycles. The predicted octanol–water partition coefficient (Wildman–Crippen LogP) is 0.770. The summed E-state index contributed by atoms with van der Waals surface area (Å²) in [4.78, 5) is 0. The van der Waals surface area contributed by atoms with E-state index in [0.29, 0.717) is 10.9 Å². The van der Waals surface area contributed by atoms with E-state index in [4.69, 9.17) is 9.47 Å². The summed E-state index contributed by atoms with van der Waals surface area (Å²) in [6.45, 7) is 0. The monoisotopic (exact) mass is 266 g/mol. The van der Waals surface area contributed by atoms with Gasteiger partial charge in [0.2, 0.25) is 0 Å². The van der Waals surface area contributed by atoms with E-state index in [2.05, 4.69) is 15.9 Å². The van der Waals surface area contributed by atoms with Crippen molar-refractivity contribution in [2.45, 2.75) is 30.8 Å². The number of allylic oxidation sites excluding steroid dienone is 1. The molecule has 0 radical (unpaired) electrons. The molecule has 4 nitrogen and oxygen atoms in total. The van der Waals surface area contributed by atoms with Crippen molar-refractivity contribution in [3.8, 4) is 0 Å². The second kappa shape index (κ2) is 4.72. The van der Waals surface area contributed by atoms with Crippen LogP contribution in [0, 0.1) is 0 Å². The highest BCUT2D eigenvalue weighted by Gasteiger charge is 2.48. The number of hydrogen-bond acceptors (Lipinski definition) is 4. The fourth-order valence-corrected chi connectivity index (χ4v) is 2.32. The summed E-state index contributed by atoms with van der Waals surface area (Å²) >= 11 is 3.22. The first kappa shape index (κ1) is 12.1. The van der Waals surface area contributed by atoms with Crippen LogP contribution in [0.4, 0.5) is 0 Å². The van der Waals surface area contributed by atoms with Gasteiger partial charge in [0.15, 0.2) is 11.9 Å². The topological polar surface area (TPSA) is 58.9 Å². The molecule has 82 valence electrons. The molecule has 0 fully saturated rings. The third-order valence-corrected chi connectivity index (χ3v) is 3.40. The molecule has 0 saturated heterocycles. The smallest absolute Gasteiger partial charge is 0.193 e. The Morgan fingerprint density at radius 1 is 1.57 bits per heavy atom. The van der Waals surface area contributed by atoms with Gasteiger partial charge in [-0.2, -0.15) is 0 Å². The van der Waals surface area contributed by atoms with Gasteiger partial charge in [-0.25, -0.2) is 0 Å². The largest absolute Gasteiger partial charge is 0.390 e. The Hall–Kier alpha value is 0.0600. The average molecular weight is 267 g/mol. The lowest BCUT2D eigenvalue weighted by atomic mass is 9.87. The molecule has 0 saturated carbocycles. The number of methoxy groups -OCH3 is 2. The van der Waals surface area contributed by atoms with E-state index in [-0.39, 0.29) is 0 Å². The highest BCUT2D eigenvalue weighted by atomic mass is 79.9. The number of hydrogen-bond donors (Lipinski definition) is 2.